The molecule has 0 saturated carbocycles. The quantitative estimate of drug-likeness (QED) is 0.676. The van der Waals surface area contributed by atoms with Gasteiger partial charge in [-0.05, 0) is 59.0 Å². The largest absolute Gasteiger partial charge is 0.326 e. The zero-order valence-corrected chi connectivity index (χ0v) is 16.4. The average molecular weight is 419 g/mol. The molecule has 3 heterocycles. The van der Waals surface area contributed by atoms with Crippen molar-refractivity contribution >= 4 is 33.0 Å². The molecule has 1 atom stereocenters. The van der Waals surface area contributed by atoms with Crippen LogP contribution in [0.3, 0.4) is 0 Å². The van der Waals surface area contributed by atoms with Crippen molar-refractivity contribution in [1.82, 2.24) is 24.5 Å². The molecule has 11 heteroatoms. The summed E-state index contributed by atoms with van der Waals surface area (Å²) in [6.07, 6.45) is 2.80. The van der Waals surface area contributed by atoms with E-state index in [1.165, 1.54) is 26.7 Å². The van der Waals surface area contributed by atoms with Crippen molar-refractivity contribution in [3.63, 3.8) is 0 Å². The molecule has 0 spiro atoms. The molecule has 28 heavy (non-hydrogen) atoms. The number of carbonyl (C=O) groups is 1. The number of benzene rings is 1. The number of amides is 1. The van der Waals surface area contributed by atoms with Crippen LogP contribution in [-0.4, -0.2) is 51.9 Å². The maximum atomic E-state index is 12.7. The molecule has 2 aromatic heterocycles. The minimum atomic E-state index is -3.54. The number of carbonyl (C=O) groups excluding carboxylic acids is 1. The first kappa shape index (κ1) is 18.7. The van der Waals surface area contributed by atoms with Gasteiger partial charge in [0.2, 0.25) is 5.91 Å². The number of piperidine rings is 1. The van der Waals surface area contributed by atoms with E-state index in [1.54, 1.807) is 41.8 Å². The molecule has 9 nitrogen and oxygen atoms in total. The third-order valence-electron chi connectivity index (χ3n) is 4.59. The Kier molecular flexibility index (Phi) is 5.20. The van der Waals surface area contributed by atoms with Gasteiger partial charge < -0.3 is 5.32 Å². The lowest BCUT2D eigenvalue weighted by Crippen LogP contribution is -2.43. The summed E-state index contributed by atoms with van der Waals surface area (Å²) in [5.74, 6) is -0.566. The molecule has 1 fully saturated rings. The molecule has 1 aromatic carbocycles. The highest BCUT2D eigenvalue weighted by Gasteiger charge is 2.33. The molecule has 1 amide bonds. The van der Waals surface area contributed by atoms with Crippen LogP contribution in [0, 0.1) is 5.92 Å². The highest BCUT2D eigenvalue weighted by Crippen LogP contribution is 2.27. The van der Waals surface area contributed by atoms with Gasteiger partial charge >= 0.3 is 0 Å². The number of tetrazole rings is 1. The summed E-state index contributed by atoms with van der Waals surface area (Å²) in [6.45, 7) is 0.624. The lowest BCUT2D eigenvalue weighted by Gasteiger charge is -2.30. The minimum absolute atomic E-state index is 0.179. The van der Waals surface area contributed by atoms with Gasteiger partial charge in [0.1, 0.15) is 10.5 Å². The molecule has 4 rings (SSSR count). The first-order chi connectivity index (χ1) is 13.5. The lowest BCUT2D eigenvalue weighted by molar-refractivity contribution is -0.120. The van der Waals surface area contributed by atoms with Crippen LogP contribution in [0.15, 0.2) is 52.3 Å². The van der Waals surface area contributed by atoms with Gasteiger partial charge in [0, 0.05) is 18.8 Å². The van der Waals surface area contributed by atoms with Gasteiger partial charge in [-0.25, -0.2) is 13.1 Å². The zero-order valence-electron chi connectivity index (χ0n) is 14.8. The second-order valence-electron chi connectivity index (χ2n) is 6.42. The molecule has 0 radical (unpaired) electrons. The number of hydrogen-bond acceptors (Lipinski definition) is 7. The number of rotatable bonds is 5. The Hall–Kier alpha value is -2.63. The number of aromatic nitrogens is 4. The Bertz CT molecular complexity index is 1030. The van der Waals surface area contributed by atoms with E-state index in [9.17, 15) is 13.2 Å². The maximum Gasteiger partial charge on any atom is 0.252 e. The monoisotopic (exact) mass is 418 g/mol. The van der Waals surface area contributed by atoms with Crippen LogP contribution in [-0.2, 0) is 14.8 Å². The Morgan fingerprint density at radius 3 is 2.71 bits per heavy atom. The number of anilines is 1. The highest BCUT2D eigenvalue weighted by atomic mass is 32.2. The zero-order chi connectivity index (χ0) is 19.6. The van der Waals surface area contributed by atoms with E-state index in [2.05, 4.69) is 20.8 Å². The predicted octanol–water partition coefficient (Wildman–Crippen LogP) is 1.76. The van der Waals surface area contributed by atoms with E-state index in [0.717, 1.165) is 5.69 Å². The van der Waals surface area contributed by atoms with Crippen molar-refractivity contribution in [2.45, 2.75) is 17.1 Å². The smallest absolute Gasteiger partial charge is 0.252 e. The summed E-state index contributed by atoms with van der Waals surface area (Å²) in [7, 11) is -3.54. The normalized spacial score (nSPS) is 18.1. The van der Waals surface area contributed by atoms with Crippen LogP contribution in [0.25, 0.3) is 5.69 Å². The Morgan fingerprint density at radius 1 is 1.21 bits per heavy atom. The molecule has 1 aliphatic heterocycles. The van der Waals surface area contributed by atoms with E-state index >= 15 is 0 Å². The van der Waals surface area contributed by atoms with Gasteiger partial charge in [0.15, 0.2) is 0 Å². The maximum absolute atomic E-state index is 12.7. The van der Waals surface area contributed by atoms with Gasteiger partial charge in [-0.3, -0.25) is 4.79 Å². The third-order valence-corrected chi connectivity index (χ3v) is 7.83. The fourth-order valence-electron chi connectivity index (χ4n) is 3.13. The fourth-order valence-corrected chi connectivity index (χ4v) is 5.80. The van der Waals surface area contributed by atoms with Gasteiger partial charge in [0.05, 0.1) is 11.6 Å². The third kappa shape index (κ3) is 3.81. The Balaban J connectivity index is 1.42. The number of hydrogen-bond donors (Lipinski definition) is 1. The molecular formula is C17H18N6O3S2. The molecular weight excluding hydrogens is 400 g/mol. The van der Waals surface area contributed by atoms with Gasteiger partial charge in [-0.15, -0.1) is 16.4 Å². The minimum Gasteiger partial charge on any atom is -0.326 e. The molecule has 146 valence electrons. The van der Waals surface area contributed by atoms with Crippen LogP contribution in [0.5, 0.6) is 0 Å². The average Bonchev–Trinajstić information content (AvgIpc) is 3.43. The van der Waals surface area contributed by atoms with Crippen LogP contribution < -0.4 is 5.32 Å². The van der Waals surface area contributed by atoms with Gasteiger partial charge in [-0.1, -0.05) is 6.07 Å². The summed E-state index contributed by atoms with van der Waals surface area (Å²) in [5, 5.41) is 15.6. The lowest BCUT2D eigenvalue weighted by atomic mass is 9.98. The topological polar surface area (TPSA) is 110 Å². The molecule has 1 N–H and O–H groups in total. The van der Waals surface area contributed by atoms with E-state index in [4.69, 9.17) is 0 Å². The predicted molar refractivity (Wildman–Crippen MR) is 104 cm³/mol. The number of nitrogens with one attached hydrogen (secondary N) is 1. The molecule has 0 bridgehead atoms. The van der Waals surface area contributed by atoms with Crippen molar-refractivity contribution in [3.8, 4) is 5.69 Å². The molecule has 1 aliphatic rings. The van der Waals surface area contributed by atoms with Crippen molar-refractivity contribution in [3.05, 3.63) is 48.1 Å². The van der Waals surface area contributed by atoms with Gasteiger partial charge in [-0.2, -0.15) is 4.31 Å². The first-order valence-corrected chi connectivity index (χ1v) is 11.0. The highest BCUT2D eigenvalue weighted by molar-refractivity contribution is 7.91. The van der Waals surface area contributed by atoms with Crippen molar-refractivity contribution in [1.29, 1.82) is 0 Å². The standard InChI is InChI=1S/C17H18N6O3S2/c24-17(19-14-5-7-15(8-6-14)23-12-18-20-21-23)13-3-1-9-22(11-13)28(25,26)16-4-2-10-27-16/h2,4-8,10,12-13H,1,3,9,11H2,(H,19,24)/t13-/m0/s1. The summed E-state index contributed by atoms with van der Waals surface area (Å²) in [4.78, 5) is 12.7. The van der Waals surface area contributed by atoms with E-state index in [-0.39, 0.29) is 18.4 Å². The summed E-state index contributed by atoms with van der Waals surface area (Å²) in [6, 6.07) is 10.4. The summed E-state index contributed by atoms with van der Waals surface area (Å²) in [5.41, 5.74) is 1.41. The second kappa shape index (κ2) is 7.78. The van der Waals surface area contributed by atoms with E-state index in [1.807, 2.05) is 0 Å². The number of nitrogens with zero attached hydrogens (tertiary/aromatic N) is 5. The Labute approximate surface area is 166 Å². The number of thiophene rings is 1. The van der Waals surface area contributed by atoms with Crippen LogP contribution in [0.4, 0.5) is 5.69 Å². The molecule has 3 aromatic rings. The van der Waals surface area contributed by atoms with Crippen LogP contribution in [0.2, 0.25) is 0 Å². The van der Waals surface area contributed by atoms with Crippen molar-refractivity contribution in [2.24, 2.45) is 5.92 Å². The summed E-state index contributed by atoms with van der Waals surface area (Å²) < 4.78 is 28.7. The first-order valence-electron chi connectivity index (χ1n) is 8.72. The molecule has 1 saturated heterocycles. The van der Waals surface area contributed by atoms with Crippen molar-refractivity contribution < 1.29 is 13.2 Å². The summed E-state index contributed by atoms with van der Waals surface area (Å²) >= 11 is 1.19. The Morgan fingerprint density at radius 2 is 2.04 bits per heavy atom. The fraction of sp³-hybridized carbons (Fsp3) is 0.294. The number of sulfonamides is 1. The van der Waals surface area contributed by atoms with Crippen LogP contribution >= 0.6 is 11.3 Å². The SMILES string of the molecule is O=C(Nc1ccc(-n2cnnn2)cc1)[C@H]1CCCN(S(=O)(=O)c2cccs2)C1. The van der Waals surface area contributed by atoms with Gasteiger partial charge in [0.25, 0.3) is 10.0 Å². The molecule has 0 aliphatic carbocycles. The molecule has 0 unspecified atom stereocenters. The van der Waals surface area contributed by atoms with E-state index in [0.29, 0.717) is 29.3 Å². The van der Waals surface area contributed by atoms with Crippen molar-refractivity contribution in [2.75, 3.05) is 18.4 Å². The van der Waals surface area contributed by atoms with E-state index < -0.39 is 10.0 Å². The van der Waals surface area contributed by atoms with Crippen LogP contribution in [0.1, 0.15) is 12.8 Å². The second-order valence-corrected chi connectivity index (χ2v) is 9.54.